The number of hydrogen-bond acceptors (Lipinski definition) is 6. The van der Waals surface area contributed by atoms with Gasteiger partial charge in [-0.05, 0) is 11.0 Å². The maximum atomic E-state index is 11.3. The van der Waals surface area contributed by atoms with Crippen molar-refractivity contribution in [3.8, 4) is 5.75 Å². The first-order valence-corrected chi connectivity index (χ1v) is 7.20. The summed E-state index contributed by atoms with van der Waals surface area (Å²) in [7, 11) is 0. The van der Waals surface area contributed by atoms with Crippen LogP contribution in [0.15, 0.2) is 35.8 Å². The number of fused-ring (bicyclic) bond motifs is 2. The number of thiazole rings is 1. The quantitative estimate of drug-likeness (QED) is 0.594. The molecule has 0 fully saturated rings. The molecule has 1 N–H and O–H groups in total. The third kappa shape index (κ3) is 1.83. The highest BCUT2D eigenvalue weighted by Crippen LogP contribution is 2.36. The lowest BCUT2D eigenvalue weighted by Gasteiger charge is -2.10. The minimum Gasteiger partial charge on any atom is -0.491 e. The highest BCUT2D eigenvalue weighted by Gasteiger charge is 2.29. The second-order valence-corrected chi connectivity index (χ2v) is 5.52. The second-order valence-electron chi connectivity index (χ2n) is 4.64. The average Bonchev–Trinajstić information content (AvgIpc) is 3.13. The van der Waals surface area contributed by atoms with E-state index in [1.54, 1.807) is 11.6 Å². The minimum atomic E-state index is -0.420. The molecule has 0 aliphatic carbocycles. The Morgan fingerprint density at radius 3 is 3.19 bits per heavy atom. The van der Waals surface area contributed by atoms with Gasteiger partial charge in [-0.15, -0.1) is 0 Å². The third-order valence-corrected chi connectivity index (χ3v) is 4.18. The Balaban J connectivity index is 1.74. The minimum absolute atomic E-state index is 0.0457. The summed E-state index contributed by atoms with van der Waals surface area (Å²) in [6.45, 7) is 0.432. The van der Waals surface area contributed by atoms with Crippen LogP contribution in [-0.2, 0) is 0 Å². The number of imidazole rings is 1. The molecule has 1 aliphatic rings. The molecule has 0 amide bonds. The Morgan fingerprint density at radius 2 is 2.33 bits per heavy atom. The lowest BCUT2D eigenvalue weighted by Crippen LogP contribution is -2.13. The lowest BCUT2D eigenvalue weighted by molar-refractivity contribution is -0.389. The molecule has 8 heteroatoms. The van der Waals surface area contributed by atoms with Crippen molar-refractivity contribution >= 4 is 27.9 Å². The first kappa shape index (κ1) is 12.2. The molecule has 21 heavy (non-hydrogen) atoms. The summed E-state index contributed by atoms with van der Waals surface area (Å²) in [4.78, 5) is 15.8. The van der Waals surface area contributed by atoms with Crippen LogP contribution in [0.5, 0.6) is 5.75 Å². The van der Waals surface area contributed by atoms with Crippen LogP contribution in [0.1, 0.15) is 11.6 Å². The molecule has 0 bridgehead atoms. The van der Waals surface area contributed by atoms with Crippen LogP contribution >= 0.6 is 11.3 Å². The molecule has 1 aromatic carbocycles. The van der Waals surface area contributed by atoms with E-state index in [-0.39, 0.29) is 17.7 Å². The Kier molecular flexibility index (Phi) is 2.58. The molecule has 3 aromatic rings. The Bertz CT molecular complexity index is 841. The summed E-state index contributed by atoms with van der Waals surface area (Å²) in [5, 5.41) is 16.2. The molecule has 0 spiro atoms. The van der Waals surface area contributed by atoms with Gasteiger partial charge in [0.15, 0.2) is 0 Å². The van der Waals surface area contributed by atoms with Crippen molar-refractivity contribution in [2.45, 2.75) is 6.04 Å². The molecule has 1 aliphatic heterocycles. The average molecular weight is 302 g/mol. The fourth-order valence-electron chi connectivity index (χ4n) is 2.49. The first-order chi connectivity index (χ1) is 10.2. The molecular weight excluding hydrogens is 292 g/mol. The van der Waals surface area contributed by atoms with Gasteiger partial charge in [0.2, 0.25) is 5.82 Å². The summed E-state index contributed by atoms with van der Waals surface area (Å²) < 4.78 is 7.06. The van der Waals surface area contributed by atoms with Crippen LogP contribution in [0.4, 0.5) is 11.6 Å². The van der Waals surface area contributed by atoms with E-state index in [9.17, 15) is 10.1 Å². The van der Waals surface area contributed by atoms with Gasteiger partial charge in [-0.3, -0.25) is 0 Å². The lowest BCUT2D eigenvalue weighted by atomic mass is 10.1. The van der Waals surface area contributed by atoms with Crippen LogP contribution in [0.2, 0.25) is 0 Å². The summed E-state index contributed by atoms with van der Waals surface area (Å²) >= 11 is 1.36. The summed E-state index contributed by atoms with van der Waals surface area (Å²) in [5.41, 5.74) is 0.989. The van der Waals surface area contributed by atoms with E-state index in [0.29, 0.717) is 11.6 Å². The summed E-state index contributed by atoms with van der Waals surface area (Å²) in [6.07, 6.45) is 1.65. The predicted octanol–water partition coefficient (Wildman–Crippen LogP) is 2.85. The molecule has 0 radical (unpaired) electrons. The molecular formula is C13H10N4O3S. The third-order valence-electron chi connectivity index (χ3n) is 3.42. The van der Waals surface area contributed by atoms with Gasteiger partial charge in [-0.25, -0.2) is 0 Å². The number of aromatic nitrogens is 2. The van der Waals surface area contributed by atoms with Gasteiger partial charge in [-0.1, -0.05) is 29.5 Å². The van der Waals surface area contributed by atoms with Crippen LogP contribution in [0.25, 0.3) is 4.96 Å². The molecule has 106 valence electrons. The molecule has 3 heterocycles. The Labute approximate surface area is 123 Å². The normalized spacial score (nSPS) is 16.7. The Hall–Kier alpha value is -2.61. The molecule has 0 saturated carbocycles. The molecule has 7 nitrogen and oxygen atoms in total. The van der Waals surface area contributed by atoms with E-state index in [4.69, 9.17) is 4.74 Å². The first-order valence-electron chi connectivity index (χ1n) is 6.32. The number of nitrogens with one attached hydrogen (secondary N) is 1. The van der Waals surface area contributed by atoms with Crippen molar-refractivity contribution in [1.29, 1.82) is 0 Å². The zero-order valence-electron chi connectivity index (χ0n) is 10.7. The van der Waals surface area contributed by atoms with Crippen molar-refractivity contribution in [2.24, 2.45) is 0 Å². The van der Waals surface area contributed by atoms with Gasteiger partial charge in [0.05, 0.1) is 6.04 Å². The van der Waals surface area contributed by atoms with Gasteiger partial charge in [-0.2, -0.15) is 9.38 Å². The van der Waals surface area contributed by atoms with E-state index >= 15 is 0 Å². The van der Waals surface area contributed by atoms with Crippen molar-refractivity contribution in [3.63, 3.8) is 0 Å². The largest absolute Gasteiger partial charge is 0.491 e. The fraction of sp³-hybridized carbons (Fsp3) is 0.154. The number of rotatable bonds is 3. The summed E-state index contributed by atoms with van der Waals surface area (Å²) in [6, 6.07) is 7.52. The van der Waals surface area contributed by atoms with E-state index in [1.165, 1.54) is 15.7 Å². The number of hydrogen-bond donors (Lipinski definition) is 1. The molecule has 4 rings (SSSR count). The number of ether oxygens (including phenoxy) is 1. The van der Waals surface area contributed by atoms with Gasteiger partial charge >= 0.3 is 5.82 Å². The number of para-hydroxylation sites is 1. The van der Waals surface area contributed by atoms with Gasteiger partial charge in [0, 0.05) is 10.9 Å². The maximum Gasteiger partial charge on any atom is 0.372 e. The van der Waals surface area contributed by atoms with Crippen molar-refractivity contribution in [3.05, 3.63) is 51.5 Å². The predicted molar refractivity (Wildman–Crippen MR) is 78.0 cm³/mol. The number of anilines is 1. The zero-order chi connectivity index (χ0) is 14.4. The highest BCUT2D eigenvalue weighted by molar-refractivity contribution is 7.15. The van der Waals surface area contributed by atoms with E-state index in [2.05, 4.69) is 10.3 Å². The van der Waals surface area contributed by atoms with E-state index < -0.39 is 4.92 Å². The standard InChI is InChI=1S/C13H10N4O3S/c18-17(19)12-11(15-13-16(12)5-6-21-13)14-9-7-20-10-4-2-1-3-8(9)10/h1-6,9,14H,7H2/t9-/m1/s1. The molecule has 2 aromatic heterocycles. The fourth-order valence-corrected chi connectivity index (χ4v) is 3.20. The van der Waals surface area contributed by atoms with Crippen molar-refractivity contribution in [2.75, 3.05) is 11.9 Å². The Morgan fingerprint density at radius 1 is 1.48 bits per heavy atom. The SMILES string of the molecule is O=[N+]([O-])c1c(N[C@@H]2COc3ccccc32)nc2sccn12. The second kappa shape index (κ2) is 4.45. The van der Waals surface area contributed by atoms with E-state index in [0.717, 1.165) is 11.3 Å². The smallest absolute Gasteiger partial charge is 0.372 e. The van der Waals surface area contributed by atoms with Gasteiger partial charge in [0.25, 0.3) is 4.96 Å². The van der Waals surface area contributed by atoms with Crippen LogP contribution < -0.4 is 10.1 Å². The van der Waals surface area contributed by atoms with Gasteiger partial charge in [0.1, 0.15) is 18.6 Å². The summed E-state index contributed by atoms with van der Waals surface area (Å²) in [5.74, 6) is 1.03. The van der Waals surface area contributed by atoms with Crippen LogP contribution in [0, 0.1) is 10.1 Å². The van der Waals surface area contributed by atoms with E-state index in [1.807, 2.05) is 24.3 Å². The van der Waals surface area contributed by atoms with Crippen molar-refractivity contribution < 1.29 is 9.66 Å². The van der Waals surface area contributed by atoms with Crippen molar-refractivity contribution in [1.82, 2.24) is 9.38 Å². The number of nitro groups is 1. The highest BCUT2D eigenvalue weighted by atomic mass is 32.1. The van der Waals surface area contributed by atoms with Gasteiger partial charge < -0.3 is 20.2 Å². The molecule has 1 atom stereocenters. The molecule has 0 saturated heterocycles. The van der Waals surface area contributed by atoms with Crippen LogP contribution in [0.3, 0.4) is 0 Å². The zero-order valence-corrected chi connectivity index (χ0v) is 11.5. The number of nitrogens with zero attached hydrogens (tertiary/aromatic N) is 3. The monoisotopic (exact) mass is 302 g/mol. The topological polar surface area (TPSA) is 81.7 Å². The maximum absolute atomic E-state index is 11.3. The van der Waals surface area contributed by atoms with Crippen LogP contribution in [-0.4, -0.2) is 20.9 Å². The molecule has 0 unspecified atom stereocenters. The number of benzene rings is 1.